The smallest absolute Gasteiger partial charge is 0.338 e. The summed E-state index contributed by atoms with van der Waals surface area (Å²) in [5, 5.41) is 11.1. The van der Waals surface area contributed by atoms with Crippen molar-refractivity contribution in [3.05, 3.63) is 54.6 Å². The first-order chi connectivity index (χ1) is 10.8. The topological polar surface area (TPSA) is 72.8 Å². The number of fused-ring (bicyclic) bond motifs is 1. The van der Waals surface area contributed by atoms with E-state index in [4.69, 9.17) is 9.47 Å². The summed E-state index contributed by atoms with van der Waals surface area (Å²) in [6, 6.07) is 8.01. The summed E-state index contributed by atoms with van der Waals surface area (Å²) in [7, 11) is 0. The summed E-state index contributed by atoms with van der Waals surface area (Å²) in [6.45, 7) is 10.0. The average Bonchev–Trinajstić information content (AvgIpc) is 2.50. The number of rotatable bonds is 4. The van der Waals surface area contributed by atoms with Crippen molar-refractivity contribution in [3.63, 3.8) is 0 Å². The van der Waals surface area contributed by atoms with Crippen molar-refractivity contribution in [1.82, 2.24) is 0 Å². The van der Waals surface area contributed by atoms with Crippen molar-refractivity contribution in [2.75, 3.05) is 0 Å². The molecule has 0 unspecified atom stereocenters. The fraction of sp³-hybridized carbons (Fsp3) is 0.111. The van der Waals surface area contributed by atoms with Crippen LogP contribution in [0, 0.1) is 0 Å². The molecular weight excluding hydrogens is 296 g/mol. The Morgan fingerprint density at radius 3 is 2.04 bits per heavy atom. The Morgan fingerprint density at radius 1 is 0.957 bits per heavy atom. The van der Waals surface area contributed by atoms with Crippen molar-refractivity contribution in [1.29, 1.82) is 0 Å². The van der Waals surface area contributed by atoms with E-state index in [1.807, 2.05) is 0 Å². The zero-order valence-corrected chi connectivity index (χ0v) is 12.9. The third-order valence-corrected chi connectivity index (χ3v) is 3.03. The van der Waals surface area contributed by atoms with E-state index in [1.54, 1.807) is 24.3 Å². The molecule has 0 radical (unpaired) electrons. The molecule has 0 saturated heterocycles. The number of hydrogen-bond donors (Lipinski definition) is 1. The van der Waals surface area contributed by atoms with E-state index in [1.165, 1.54) is 19.9 Å². The number of benzene rings is 2. The first kappa shape index (κ1) is 16.3. The molecule has 0 saturated carbocycles. The van der Waals surface area contributed by atoms with Crippen LogP contribution < -0.4 is 9.47 Å². The minimum absolute atomic E-state index is 0.0104. The van der Waals surface area contributed by atoms with Gasteiger partial charge in [0.15, 0.2) is 11.5 Å². The van der Waals surface area contributed by atoms with Crippen molar-refractivity contribution in [2.45, 2.75) is 13.8 Å². The van der Waals surface area contributed by atoms with Gasteiger partial charge in [-0.2, -0.15) is 0 Å². The minimum Gasteiger partial charge on any atom is -0.504 e. The maximum atomic E-state index is 11.7. The molecule has 0 aliphatic heterocycles. The lowest BCUT2D eigenvalue weighted by Crippen LogP contribution is -2.10. The lowest BCUT2D eigenvalue weighted by molar-refractivity contribution is -0.131. The lowest BCUT2D eigenvalue weighted by Gasteiger charge is -2.13. The average molecular weight is 312 g/mol. The van der Waals surface area contributed by atoms with Crippen molar-refractivity contribution >= 4 is 22.7 Å². The van der Waals surface area contributed by atoms with Crippen LogP contribution in [0.1, 0.15) is 13.8 Å². The van der Waals surface area contributed by atoms with Gasteiger partial charge in [0.1, 0.15) is 5.75 Å². The number of hydrogen-bond acceptors (Lipinski definition) is 5. The predicted molar refractivity (Wildman–Crippen MR) is 86.5 cm³/mol. The van der Waals surface area contributed by atoms with Crippen molar-refractivity contribution in [3.8, 4) is 17.2 Å². The van der Waals surface area contributed by atoms with Crippen LogP contribution in [0.15, 0.2) is 54.6 Å². The standard InChI is InChI=1S/C18H16O5/c1-10(2)17(20)22-15-9-14(19)16(23-18(21)11(3)4)13-8-6-5-7-12(13)15/h5-9,19H,1,3H2,2,4H3. The summed E-state index contributed by atoms with van der Waals surface area (Å²) in [5.41, 5.74) is 0.428. The van der Waals surface area contributed by atoms with Crippen LogP contribution in [0.4, 0.5) is 0 Å². The molecule has 118 valence electrons. The normalized spacial score (nSPS) is 10.2. The molecule has 23 heavy (non-hydrogen) atoms. The van der Waals surface area contributed by atoms with Gasteiger partial charge in [0.2, 0.25) is 0 Å². The second-order valence-electron chi connectivity index (χ2n) is 5.11. The number of esters is 2. The van der Waals surface area contributed by atoms with E-state index < -0.39 is 11.9 Å². The van der Waals surface area contributed by atoms with Gasteiger partial charge < -0.3 is 14.6 Å². The molecular formula is C18H16O5. The van der Waals surface area contributed by atoms with E-state index in [-0.39, 0.29) is 28.4 Å². The molecule has 2 aromatic rings. The Hall–Kier alpha value is -3.08. The van der Waals surface area contributed by atoms with Gasteiger partial charge in [-0.3, -0.25) is 0 Å². The van der Waals surface area contributed by atoms with Gasteiger partial charge in [0, 0.05) is 28.0 Å². The minimum atomic E-state index is -0.655. The molecule has 0 aliphatic carbocycles. The number of aromatic hydroxyl groups is 1. The molecule has 2 aromatic carbocycles. The summed E-state index contributed by atoms with van der Waals surface area (Å²) in [4.78, 5) is 23.4. The second kappa shape index (κ2) is 6.36. The highest BCUT2D eigenvalue weighted by Crippen LogP contribution is 2.41. The SMILES string of the molecule is C=C(C)C(=O)Oc1cc(O)c(OC(=O)C(=C)C)c2ccccc12. The Morgan fingerprint density at radius 2 is 1.48 bits per heavy atom. The zero-order valence-electron chi connectivity index (χ0n) is 12.9. The zero-order chi connectivity index (χ0) is 17.1. The first-order valence-electron chi connectivity index (χ1n) is 6.81. The molecule has 0 fully saturated rings. The number of carbonyl (C=O) groups excluding carboxylic acids is 2. The van der Waals surface area contributed by atoms with Crippen LogP contribution in [-0.4, -0.2) is 17.0 Å². The third-order valence-electron chi connectivity index (χ3n) is 3.03. The van der Waals surface area contributed by atoms with Gasteiger partial charge in [-0.05, 0) is 13.8 Å². The van der Waals surface area contributed by atoms with Crippen LogP contribution in [0.5, 0.6) is 17.2 Å². The van der Waals surface area contributed by atoms with Crippen molar-refractivity contribution in [2.24, 2.45) is 0 Å². The Balaban J connectivity index is 2.58. The highest BCUT2D eigenvalue weighted by molar-refractivity contribution is 6.00. The number of phenolic OH excluding ortho intramolecular Hbond substituents is 1. The van der Waals surface area contributed by atoms with E-state index in [2.05, 4.69) is 13.2 Å². The van der Waals surface area contributed by atoms with Gasteiger partial charge in [-0.1, -0.05) is 37.4 Å². The summed E-state index contributed by atoms with van der Waals surface area (Å²) >= 11 is 0. The fourth-order valence-electron chi connectivity index (χ4n) is 1.86. The van der Waals surface area contributed by atoms with Gasteiger partial charge in [0.05, 0.1) is 0 Å². The quantitative estimate of drug-likeness (QED) is 0.531. The van der Waals surface area contributed by atoms with E-state index in [0.29, 0.717) is 10.8 Å². The van der Waals surface area contributed by atoms with E-state index in [0.717, 1.165) is 0 Å². The first-order valence-corrected chi connectivity index (χ1v) is 6.81. The second-order valence-corrected chi connectivity index (χ2v) is 5.11. The summed E-state index contributed by atoms with van der Waals surface area (Å²) in [6.07, 6.45) is 0. The number of phenols is 1. The molecule has 0 aromatic heterocycles. The molecule has 5 heteroatoms. The largest absolute Gasteiger partial charge is 0.504 e. The van der Waals surface area contributed by atoms with E-state index >= 15 is 0 Å². The molecule has 0 heterocycles. The number of ether oxygens (including phenoxy) is 2. The molecule has 0 bridgehead atoms. The molecule has 0 amide bonds. The van der Waals surface area contributed by atoms with Crippen molar-refractivity contribution < 1.29 is 24.2 Å². The van der Waals surface area contributed by atoms with Crippen LogP contribution >= 0.6 is 0 Å². The Kier molecular flexibility index (Phi) is 4.50. The van der Waals surface area contributed by atoms with Crippen LogP contribution in [0.2, 0.25) is 0 Å². The molecule has 2 rings (SSSR count). The summed E-state index contributed by atoms with van der Waals surface area (Å²) in [5.74, 6) is -1.44. The van der Waals surface area contributed by atoms with Gasteiger partial charge in [0.25, 0.3) is 0 Å². The Bertz CT molecular complexity index is 833. The number of carbonyl (C=O) groups is 2. The van der Waals surface area contributed by atoms with Crippen LogP contribution in [0.25, 0.3) is 10.8 Å². The molecule has 5 nitrogen and oxygen atoms in total. The van der Waals surface area contributed by atoms with Crippen LogP contribution in [0.3, 0.4) is 0 Å². The molecule has 0 aliphatic rings. The Labute approximate surface area is 133 Å². The summed E-state index contributed by atoms with van der Waals surface area (Å²) < 4.78 is 10.4. The van der Waals surface area contributed by atoms with Crippen LogP contribution in [-0.2, 0) is 9.59 Å². The van der Waals surface area contributed by atoms with Gasteiger partial charge in [-0.15, -0.1) is 0 Å². The predicted octanol–water partition coefficient (Wildman–Crippen LogP) is 3.51. The maximum Gasteiger partial charge on any atom is 0.338 e. The highest BCUT2D eigenvalue weighted by Gasteiger charge is 2.18. The molecule has 0 spiro atoms. The monoisotopic (exact) mass is 312 g/mol. The molecule has 1 N–H and O–H groups in total. The van der Waals surface area contributed by atoms with Gasteiger partial charge in [-0.25, -0.2) is 9.59 Å². The van der Waals surface area contributed by atoms with E-state index in [9.17, 15) is 14.7 Å². The molecule has 0 atom stereocenters. The lowest BCUT2D eigenvalue weighted by atomic mass is 10.1. The highest BCUT2D eigenvalue weighted by atomic mass is 16.5. The maximum absolute atomic E-state index is 11.7. The fourth-order valence-corrected chi connectivity index (χ4v) is 1.86. The van der Waals surface area contributed by atoms with Gasteiger partial charge >= 0.3 is 11.9 Å². The third kappa shape index (κ3) is 3.40.